The maximum atomic E-state index is 13.2. The van der Waals surface area contributed by atoms with E-state index in [4.69, 9.17) is 4.74 Å². The quantitative estimate of drug-likeness (QED) is 0.700. The van der Waals surface area contributed by atoms with E-state index in [9.17, 15) is 13.2 Å². The number of benzene rings is 1. The number of carbonyl (C=O) groups excluding carboxylic acids is 1. The van der Waals surface area contributed by atoms with Gasteiger partial charge in [0.15, 0.2) is 0 Å². The number of rotatable bonds is 6. The van der Waals surface area contributed by atoms with Gasteiger partial charge < -0.3 is 14.5 Å². The molecule has 29 heavy (non-hydrogen) atoms. The van der Waals surface area contributed by atoms with E-state index in [0.717, 1.165) is 44.7 Å². The summed E-state index contributed by atoms with van der Waals surface area (Å²) in [5.74, 6) is 0.545. The molecule has 2 heterocycles. The first-order valence-electron chi connectivity index (χ1n) is 10.6. The van der Waals surface area contributed by atoms with Gasteiger partial charge in [-0.15, -0.1) is 0 Å². The predicted molar refractivity (Wildman–Crippen MR) is 113 cm³/mol. The molecule has 7 nitrogen and oxygen atoms in total. The minimum absolute atomic E-state index is 0.100. The number of piperazine rings is 1. The lowest BCUT2D eigenvalue weighted by Gasteiger charge is -2.38. The summed E-state index contributed by atoms with van der Waals surface area (Å²) in [5.41, 5.74) is 0.798. The van der Waals surface area contributed by atoms with Crippen LogP contribution in [0.1, 0.15) is 32.3 Å². The van der Waals surface area contributed by atoms with E-state index in [2.05, 4.69) is 11.8 Å². The second kappa shape index (κ2) is 9.45. The van der Waals surface area contributed by atoms with Crippen molar-refractivity contribution in [3.63, 3.8) is 0 Å². The van der Waals surface area contributed by atoms with Crippen LogP contribution in [0.2, 0.25) is 0 Å². The minimum Gasteiger partial charge on any atom is -0.494 e. The average molecular weight is 424 g/mol. The third-order valence-corrected chi connectivity index (χ3v) is 7.81. The largest absolute Gasteiger partial charge is 0.494 e. The summed E-state index contributed by atoms with van der Waals surface area (Å²) >= 11 is 0. The number of hydrogen-bond acceptors (Lipinski definition) is 5. The van der Waals surface area contributed by atoms with Gasteiger partial charge in [-0.25, -0.2) is 8.42 Å². The van der Waals surface area contributed by atoms with E-state index in [-0.39, 0.29) is 23.3 Å². The van der Waals surface area contributed by atoms with E-state index in [0.29, 0.717) is 25.3 Å². The highest BCUT2D eigenvalue weighted by Crippen LogP contribution is 2.28. The molecule has 1 unspecified atom stereocenters. The molecule has 0 aromatic heterocycles. The lowest BCUT2D eigenvalue weighted by molar-refractivity contribution is -0.138. The Kier molecular flexibility index (Phi) is 7.19. The van der Waals surface area contributed by atoms with Gasteiger partial charge in [-0.3, -0.25) is 4.79 Å². The zero-order valence-electron chi connectivity index (χ0n) is 17.8. The number of piperidine rings is 1. The molecule has 0 spiro atoms. The molecule has 8 heteroatoms. The predicted octanol–water partition coefficient (Wildman–Crippen LogP) is 1.96. The molecule has 1 amide bonds. The van der Waals surface area contributed by atoms with E-state index in [1.165, 1.54) is 4.31 Å². The third-order valence-electron chi connectivity index (χ3n) is 5.95. The van der Waals surface area contributed by atoms with E-state index >= 15 is 0 Å². The van der Waals surface area contributed by atoms with Crippen molar-refractivity contribution in [3.05, 3.63) is 23.8 Å². The molecule has 2 aliphatic heterocycles. The van der Waals surface area contributed by atoms with Crippen molar-refractivity contribution in [3.8, 4) is 5.75 Å². The Morgan fingerprint density at radius 1 is 1.14 bits per heavy atom. The Morgan fingerprint density at radius 2 is 1.86 bits per heavy atom. The Morgan fingerprint density at radius 3 is 2.48 bits per heavy atom. The van der Waals surface area contributed by atoms with Crippen LogP contribution in [0.3, 0.4) is 0 Å². The molecule has 1 aromatic carbocycles. The van der Waals surface area contributed by atoms with Crippen LogP contribution in [-0.2, 0) is 14.8 Å². The molecule has 0 aliphatic carbocycles. The van der Waals surface area contributed by atoms with E-state index in [1.807, 2.05) is 18.7 Å². The highest BCUT2D eigenvalue weighted by atomic mass is 32.2. The molecular weight excluding hydrogens is 390 g/mol. The fraction of sp³-hybridized carbons (Fsp3) is 0.667. The van der Waals surface area contributed by atoms with Gasteiger partial charge in [-0.1, -0.05) is 6.92 Å². The van der Waals surface area contributed by atoms with Crippen molar-refractivity contribution < 1.29 is 17.9 Å². The fourth-order valence-corrected chi connectivity index (χ4v) is 5.76. The first kappa shape index (κ1) is 22.1. The Labute approximate surface area is 174 Å². The van der Waals surface area contributed by atoms with Crippen molar-refractivity contribution in [1.29, 1.82) is 0 Å². The summed E-state index contributed by atoms with van der Waals surface area (Å²) in [6, 6.07) is 4.98. The number of likely N-dealkylation sites (N-methyl/N-ethyl adjacent to an activating group) is 1. The van der Waals surface area contributed by atoms with E-state index < -0.39 is 10.0 Å². The second-order valence-corrected chi connectivity index (χ2v) is 9.76. The van der Waals surface area contributed by atoms with Gasteiger partial charge in [0.25, 0.3) is 0 Å². The molecular formula is C21H33N3O4S. The van der Waals surface area contributed by atoms with Crippen LogP contribution in [-0.4, -0.2) is 80.9 Å². The van der Waals surface area contributed by atoms with Gasteiger partial charge >= 0.3 is 0 Å². The standard InChI is InChI=1S/C21H33N3O4S/c1-4-22-11-13-23(14-12-22)21(25)18-7-6-10-24(16-18)29(26,27)19-8-9-20(28-5-2)17(3)15-19/h8-9,15,18H,4-7,10-14,16H2,1-3H3. The van der Waals surface area contributed by atoms with Gasteiger partial charge in [-0.05, 0) is 57.0 Å². The van der Waals surface area contributed by atoms with Gasteiger partial charge in [0.05, 0.1) is 17.4 Å². The van der Waals surface area contributed by atoms with Gasteiger partial charge in [-0.2, -0.15) is 4.31 Å². The summed E-state index contributed by atoms with van der Waals surface area (Å²) in [4.78, 5) is 17.5. The van der Waals surface area contributed by atoms with Gasteiger partial charge in [0.2, 0.25) is 15.9 Å². The van der Waals surface area contributed by atoms with Gasteiger partial charge in [0, 0.05) is 39.3 Å². The molecule has 0 N–H and O–H groups in total. The van der Waals surface area contributed by atoms with Crippen molar-refractivity contribution in [1.82, 2.24) is 14.1 Å². The molecule has 2 saturated heterocycles. The molecule has 1 aromatic rings. The summed E-state index contributed by atoms with van der Waals surface area (Å²) in [6.07, 6.45) is 1.46. The minimum atomic E-state index is -3.63. The fourth-order valence-electron chi connectivity index (χ4n) is 4.15. The topological polar surface area (TPSA) is 70.2 Å². The van der Waals surface area contributed by atoms with Crippen LogP contribution in [0.25, 0.3) is 0 Å². The van der Waals surface area contributed by atoms with Crippen LogP contribution < -0.4 is 4.74 Å². The number of hydrogen-bond donors (Lipinski definition) is 0. The monoisotopic (exact) mass is 423 g/mol. The number of sulfonamides is 1. The van der Waals surface area contributed by atoms with Crippen molar-refractivity contribution in [2.75, 3.05) is 52.4 Å². The third kappa shape index (κ3) is 4.92. The van der Waals surface area contributed by atoms with Crippen LogP contribution in [0, 0.1) is 12.8 Å². The SMILES string of the molecule is CCOc1ccc(S(=O)(=O)N2CCCC(C(=O)N3CCN(CC)CC3)C2)cc1C. The van der Waals surface area contributed by atoms with Crippen LogP contribution >= 0.6 is 0 Å². The Hall–Kier alpha value is -1.64. The highest BCUT2D eigenvalue weighted by Gasteiger charge is 2.35. The molecule has 0 bridgehead atoms. The molecule has 0 radical (unpaired) electrons. The number of aryl methyl sites for hydroxylation is 1. The number of ether oxygens (including phenoxy) is 1. The smallest absolute Gasteiger partial charge is 0.243 e. The molecule has 162 valence electrons. The number of carbonyl (C=O) groups is 1. The Balaban J connectivity index is 1.69. The maximum Gasteiger partial charge on any atom is 0.243 e. The maximum absolute atomic E-state index is 13.2. The summed E-state index contributed by atoms with van der Waals surface area (Å²) < 4.78 is 33.4. The number of amides is 1. The van der Waals surface area contributed by atoms with Crippen LogP contribution in [0.4, 0.5) is 0 Å². The molecule has 2 fully saturated rings. The van der Waals surface area contributed by atoms with E-state index in [1.54, 1.807) is 18.2 Å². The molecule has 3 rings (SSSR count). The van der Waals surface area contributed by atoms with Gasteiger partial charge in [0.1, 0.15) is 5.75 Å². The summed E-state index contributed by atoms with van der Waals surface area (Å²) in [6.45, 7) is 11.4. The van der Waals surface area contributed by atoms with Crippen molar-refractivity contribution in [2.24, 2.45) is 5.92 Å². The summed E-state index contributed by atoms with van der Waals surface area (Å²) in [5, 5.41) is 0. The Bertz CT molecular complexity index is 819. The summed E-state index contributed by atoms with van der Waals surface area (Å²) in [7, 11) is -3.63. The zero-order chi connectivity index (χ0) is 21.0. The van der Waals surface area contributed by atoms with Crippen molar-refractivity contribution in [2.45, 2.75) is 38.5 Å². The lowest BCUT2D eigenvalue weighted by atomic mass is 9.98. The second-order valence-electron chi connectivity index (χ2n) is 7.82. The molecule has 0 saturated carbocycles. The van der Waals surface area contributed by atoms with Crippen molar-refractivity contribution >= 4 is 15.9 Å². The highest BCUT2D eigenvalue weighted by molar-refractivity contribution is 7.89. The number of nitrogens with zero attached hydrogens (tertiary/aromatic N) is 3. The lowest BCUT2D eigenvalue weighted by Crippen LogP contribution is -2.52. The first-order chi connectivity index (χ1) is 13.9. The van der Waals surface area contributed by atoms with Crippen LogP contribution in [0.15, 0.2) is 23.1 Å². The normalized spacial score (nSPS) is 21.9. The molecule has 2 aliphatic rings. The van der Waals surface area contributed by atoms with Crippen LogP contribution in [0.5, 0.6) is 5.75 Å². The average Bonchev–Trinajstić information content (AvgIpc) is 2.75. The first-order valence-corrected chi connectivity index (χ1v) is 12.1. The molecule has 1 atom stereocenters. The zero-order valence-corrected chi connectivity index (χ0v) is 18.6.